The van der Waals surface area contributed by atoms with E-state index < -0.39 is 4.92 Å². The van der Waals surface area contributed by atoms with Crippen molar-refractivity contribution in [1.82, 2.24) is 9.97 Å². The van der Waals surface area contributed by atoms with Crippen LogP contribution in [-0.2, 0) is 5.75 Å². The molecule has 1 heterocycles. The SMILES string of the molecule is Cc1cccc(CSc2ncnc(N)c2[N+](=O)[O-])c1. The van der Waals surface area contributed by atoms with Gasteiger partial charge < -0.3 is 5.73 Å². The molecule has 0 unspecified atom stereocenters. The number of thioether (sulfide) groups is 1. The summed E-state index contributed by atoms with van der Waals surface area (Å²) in [5.74, 6) is 0.491. The topological polar surface area (TPSA) is 94.9 Å². The molecule has 0 radical (unpaired) electrons. The minimum absolute atomic E-state index is 0.105. The van der Waals surface area contributed by atoms with Crippen LogP contribution in [0.1, 0.15) is 11.1 Å². The van der Waals surface area contributed by atoms with Crippen molar-refractivity contribution in [3.8, 4) is 0 Å². The van der Waals surface area contributed by atoms with E-state index in [1.54, 1.807) is 0 Å². The predicted octanol–water partition coefficient (Wildman–Crippen LogP) is 2.57. The van der Waals surface area contributed by atoms with Crippen LogP contribution in [0.15, 0.2) is 35.6 Å². The first-order chi connectivity index (χ1) is 9.08. The highest BCUT2D eigenvalue weighted by atomic mass is 32.2. The van der Waals surface area contributed by atoms with E-state index in [2.05, 4.69) is 9.97 Å². The summed E-state index contributed by atoms with van der Waals surface area (Å²) in [6, 6.07) is 7.95. The summed E-state index contributed by atoms with van der Waals surface area (Å²) >= 11 is 1.28. The Morgan fingerprint density at radius 2 is 2.21 bits per heavy atom. The van der Waals surface area contributed by atoms with Gasteiger partial charge in [-0.3, -0.25) is 10.1 Å². The molecule has 6 nitrogen and oxygen atoms in total. The van der Waals surface area contributed by atoms with Crippen molar-refractivity contribution in [3.63, 3.8) is 0 Å². The lowest BCUT2D eigenvalue weighted by molar-refractivity contribution is -0.387. The molecule has 1 aromatic carbocycles. The molecular formula is C12H12N4O2S. The van der Waals surface area contributed by atoms with Gasteiger partial charge in [0.1, 0.15) is 6.33 Å². The van der Waals surface area contributed by atoms with Crippen LogP contribution >= 0.6 is 11.8 Å². The molecular weight excluding hydrogens is 264 g/mol. The molecule has 19 heavy (non-hydrogen) atoms. The van der Waals surface area contributed by atoms with Crippen molar-refractivity contribution in [1.29, 1.82) is 0 Å². The van der Waals surface area contributed by atoms with E-state index in [9.17, 15) is 10.1 Å². The maximum absolute atomic E-state index is 10.9. The van der Waals surface area contributed by atoms with Gasteiger partial charge in [-0.1, -0.05) is 41.6 Å². The predicted molar refractivity (Wildman–Crippen MR) is 73.8 cm³/mol. The number of aryl methyl sites for hydroxylation is 1. The number of nitrogens with two attached hydrogens (primary N) is 1. The van der Waals surface area contributed by atoms with Crippen molar-refractivity contribution in [2.45, 2.75) is 17.7 Å². The number of benzene rings is 1. The standard InChI is InChI=1S/C12H12N4O2S/c1-8-3-2-4-9(5-8)6-19-12-10(16(17)18)11(13)14-7-15-12/h2-5,7H,6H2,1H3,(H2,13,14,15). The molecule has 1 aromatic heterocycles. The monoisotopic (exact) mass is 276 g/mol. The second-order valence-corrected chi connectivity index (χ2v) is 4.91. The highest BCUT2D eigenvalue weighted by Gasteiger charge is 2.20. The van der Waals surface area contributed by atoms with Crippen LogP contribution in [0.2, 0.25) is 0 Å². The zero-order valence-corrected chi connectivity index (χ0v) is 11.1. The number of hydrogen-bond donors (Lipinski definition) is 1. The zero-order valence-electron chi connectivity index (χ0n) is 10.2. The van der Waals surface area contributed by atoms with Crippen molar-refractivity contribution in [2.75, 3.05) is 5.73 Å². The molecule has 0 amide bonds. The van der Waals surface area contributed by atoms with Gasteiger partial charge in [-0.05, 0) is 12.5 Å². The lowest BCUT2D eigenvalue weighted by Crippen LogP contribution is -2.01. The van der Waals surface area contributed by atoms with Crippen molar-refractivity contribution in [2.24, 2.45) is 0 Å². The third-order valence-corrected chi connectivity index (χ3v) is 3.51. The molecule has 7 heteroatoms. The molecule has 0 saturated heterocycles. The molecule has 2 rings (SSSR count). The van der Waals surface area contributed by atoms with Crippen LogP contribution in [0.3, 0.4) is 0 Å². The maximum atomic E-state index is 10.9. The molecule has 98 valence electrons. The summed E-state index contributed by atoms with van der Waals surface area (Å²) in [5, 5.41) is 11.2. The van der Waals surface area contributed by atoms with Crippen LogP contribution in [0.25, 0.3) is 0 Å². The van der Waals surface area contributed by atoms with Gasteiger partial charge in [-0.15, -0.1) is 0 Å². The van der Waals surface area contributed by atoms with Crippen molar-refractivity contribution in [3.05, 3.63) is 51.8 Å². The summed E-state index contributed by atoms with van der Waals surface area (Å²) < 4.78 is 0. The van der Waals surface area contributed by atoms with Gasteiger partial charge in [0.2, 0.25) is 5.82 Å². The number of hydrogen-bond acceptors (Lipinski definition) is 6. The Morgan fingerprint density at radius 3 is 2.89 bits per heavy atom. The van der Waals surface area contributed by atoms with E-state index in [-0.39, 0.29) is 11.5 Å². The third-order valence-electron chi connectivity index (χ3n) is 2.46. The maximum Gasteiger partial charge on any atom is 0.343 e. The number of nitrogen functional groups attached to an aromatic ring is 1. The Morgan fingerprint density at radius 1 is 1.42 bits per heavy atom. The van der Waals surface area contributed by atoms with E-state index >= 15 is 0 Å². The summed E-state index contributed by atoms with van der Waals surface area (Å²) in [6.45, 7) is 2.00. The Hall–Kier alpha value is -2.15. The first-order valence-electron chi connectivity index (χ1n) is 5.51. The van der Waals surface area contributed by atoms with E-state index in [1.807, 2.05) is 31.2 Å². The summed E-state index contributed by atoms with van der Waals surface area (Å²) in [4.78, 5) is 18.0. The Balaban J connectivity index is 2.20. The number of rotatable bonds is 4. The van der Waals surface area contributed by atoms with Gasteiger partial charge in [0.05, 0.1) is 4.92 Å². The third kappa shape index (κ3) is 3.19. The van der Waals surface area contributed by atoms with Gasteiger partial charge in [0.25, 0.3) is 0 Å². The fraction of sp³-hybridized carbons (Fsp3) is 0.167. The smallest absolute Gasteiger partial charge is 0.343 e. The molecule has 0 aliphatic rings. The van der Waals surface area contributed by atoms with Gasteiger partial charge in [0, 0.05) is 5.75 Å². The van der Waals surface area contributed by atoms with Crippen LogP contribution in [0.5, 0.6) is 0 Å². The fourth-order valence-corrected chi connectivity index (χ4v) is 2.53. The molecule has 0 atom stereocenters. The zero-order chi connectivity index (χ0) is 13.8. The van der Waals surface area contributed by atoms with Crippen LogP contribution < -0.4 is 5.73 Å². The minimum Gasteiger partial charge on any atom is -0.378 e. The first kappa shape index (κ1) is 13.3. The van der Waals surface area contributed by atoms with Crippen LogP contribution in [0.4, 0.5) is 11.5 Å². The van der Waals surface area contributed by atoms with Crippen LogP contribution in [0, 0.1) is 17.0 Å². The van der Waals surface area contributed by atoms with Crippen LogP contribution in [-0.4, -0.2) is 14.9 Å². The van der Waals surface area contributed by atoms with E-state index in [0.29, 0.717) is 10.8 Å². The van der Waals surface area contributed by atoms with Crippen molar-refractivity contribution < 1.29 is 4.92 Å². The first-order valence-corrected chi connectivity index (χ1v) is 6.49. The molecule has 0 spiro atoms. The molecule has 2 N–H and O–H groups in total. The molecule has 0 aliphatic heterocycles. The Labute approximate surface area is 114 Å². The highest BCUT2D eigenvalue weighted by Crippen LogP contribution is 2.32. The number of aromatic nitrogens is 2. The second kappa shape index (κ2) is 5.66. The Kier molecular flexibility index (Phi) is 3.96. The van der Waals surface area contributed by atoms with Gasteiger partial charge in [-0.2, -0.15) is 0 Å². The second-order valence-electron chi connectivity index (χ2n) is 3.95. The fourth-order valence-electron chi connectivity index (χ4n) is 1.61. The number of nitrogens with zero attached hydrogens (tertiary/aromatic N) is 3. The van der Waals surface area contributed by atoms with E-state index in [0.717, 1.165) is 11.1 Å². The van der Waals surface area contributed by atoms with E-state index in [4.69, 9.17) is 5.73 Å². The molecule has 0 aliphatic carbocycles. The number of nitro groups is 1. The quantitative estimate of drug-likeness (QED) is 0.399. The Bertz CT molecular complexity index is 618. The molecule has 0 fully saturated rings. The summed E-state index contributed by atoms with van der Waals surface area (Å²) in [5.41, 5.74) is 7.52. The lowest BCUT2D eigenvalue weighted by Gasteiger charge is -2.04. The lowest BCUT2D eigenvalue weighted by atomic mass is 10.2. The average Bonchev–Trinajstić information content (AvgIpc) is 2.36. The van der Waals surface area contributed by atoms with Crippen molar-refractivity contribution >= 4 is 23.3 Å². The van der Waals surface area contributed by atoms with Gasteiger partial charge in [0.15, 0.2) is 5.03 Å². The van der Waals surface area contributed by atoms with Gasteiger partial charge in [-0.25, -0.2) is 9.97 Å². The summed E-state index contributed by atoms with van der Waals surface area (Å²) in [7, 11) is 0. The number of anilines is 1. The summed E-state index contributed by atoms with van der Waals surface area (Å²) in [6.07, 6.45) is 1.24. The molecule has 0 saturated carbocycles. The minimum atomic E-state index is -0.548. The molecule has 0 bridgehead atoms. The highest BCUT2D eigenvalue weighted by molar-refractivity contribution is 7.98. The molecule has 2 aromatic rings. The normalized spacial score (nSPS) is 10.4. The van der Waals surface area contributed by atoms with Gasteiger partial charge >= 0.3 is 5.69 Å². The largest absolute Gasteiger partial charge is 0.378 e. The van der Waals surface area contributed by atoms with E-state index in [1.165, 1.54) is 18.1 Å². The average molecular weight is 276 g/mol.